The molecule has 0 amide bonds. The predicted octanol–water partition coefficient (Wildman–Crippen LogP) is 8.13. The molecular formula is C32H47NO. The standard InChI is InChI=1S/C32H47NO/c1-32-18-16-29-28-13-8-24(23-6-11-27(12-7-23)33-19-4-3-5-20-33)22-25(28)9-14-30(29)31(32)15-10-26(32)17-21-34-2/h6-7,11-12,24-26,30-31H,3-5,8-10,13-22H2,1-2H3/t24?,25?,26-,30-,31+,32-/m1/s1. The van der Waals surface area contributed by atoms with E-state index in [-0.39, 0.29) is 0 Å². The van der Waals surface area contributed by atoms with Crippen LogP contribution in [0.5, 0.6) is 0 Å². The van der Waals surface area contributed by atoms with Gasteiger partial charge in [0, 0.05) is 32.5 Å². The summed E-state index contributed by atoms with van der Waals surface area (Å²) in [5.41, 5.74) is 7.55. The summed E-state index contributed by atoms with van der Waals surface area (Å²) in [6, 6.07) is 9.80. The molecule has 2 unspecified atom stereocenters. The molecule has 0 radical (unpaired) electrons. The Morgan fingerprint density at radius 3 is 2.50 bits per heavy atom. The molecule has 1 aliphatic heterocycles. The predicted molar refractivity (Wildman–Crippen MR) is 142 cm³/mol. The number of anilines is 1. The first-order valence-electron chi connectivity index (χ1n) is 14.7. The van der Waals surface area contributed by atoms with Crippen LogP contribution in [0.4, 0.5) is 5.69 Å². The van der Waals surface area contributed by atoms with E-state index in [9.17, 15) is 0 Å². The van der Waals surface area contributed by atoms with Crippen LogP contribution in [0.3, 0.4) is 0 Å². The number of fused-ring (bicyclic) bond motifs is 4. The topological polar surface area (TPSA) is 12.5 Å². The van der Waals surface area contributed by atoms with E-state index in [1.54, 1.807) is 5.56 Å². The Labute approximate surface area is 208 Å². The van der Waals surface area contributed by atoms with Gasteiger partial charge < -0.3 is 9.64 Å². The molecule has 0 bridgehead atoms. The molecule has 2 nitrogen and oxygen atoms in total. The Balaban J connectivity index is 1.14. The van der Waals surface area contributed by atoms with Crippen LogP contribution in [0, 0.1) is 29.1 Å². The monoisotopic (exact) mass is 461 g/mol. The molecule has 3 saturated carbocycles. The first kappa shape index (κ1) is 23.1. The molecule has 1 aromatic rings. The van der Waals surface area contributed by atoms with Crippen LogP contribution in [0.25, 0.3) is 0 Å². The number of hydrogen-bond acceptors (Lipinski definition) is 2. The average Bonchev–Trinajstić information content (AvgIpc) is 3.23. The van der Waals surface area contributed by atoms with Gasteiger partial charge in [-0.15, -0.1) is 0 Å². The fourth-order valence-corrected chi connectivity index (χ4v) is 9.38. The first-order chi connectivity index (χ1) is 16.7. The molecular weight excluding hydrogens is 414 g/mol. The highest BCUT2D eigenvalue weighted by molar-refractivity contribution is 5.48. The lowest BCUT2D eigenvalue weighted by molar-refractivity contribution is 0.0511. The Bertz CT molecular complexity index is 881. The number of methoxy groups -OCH3 is 1. The van der Waals surface area contributed by atoms with Crippen LogP contribution in [-0.2, 0) is 4.74 Å². The smallest absolute Gasteiger partial charge is 0.0465 e. The minimum Gasteiger partial charge on any atom is -0.385 e. The number of allylic oxidation sites excluding steroid dienone is 2. The number of piperidine rings is 1. The second-order valence-corrected chi connectivity index (χ2v) is 12.7. The zero-order valence-electron chi connectivity index (χ0n) is 21.9. The van der Waals surface area contributed by atoms with Crippen LogP contribution in [-0.4, -0.2) is 26.8 Å². The molecule has 186 valence electrons. The van der Waals surface area contributed by atoms with E-state index in [0.717, 1.165) is 36.2 Å². The molecule has 0 spiro atoms. The van der Waals surface area contributed by atoms with E-state index in [0.29, 0.717) is 5.41 Å². The molecule has 6 rings (SSSR count). The minimum absolute atomic E-state index is 0.577. The van der Waals surface area contributed by atoms with Crippen molar-refractivity contribution in [3.8, 4) is 0 Å². The van der Waals surface area contributed by atoms with Crippen molar-refractivity contribution in [2.45, 2.75) is 96.3 Å². The molecule has 6 atom stereocenters. The maximum Gasteiger partial charge on any atom is 0.0465 e. The van der Waals surface area contributed by atoms with Gasteiger partial charge >= 0.3 is 0 Å². The van der Waals surface area contributed by atoms with Gasteiger partial charge in [0.15, 0.2) is 0 Å². The van der Waals surface area contributed by atoms with Crippen molar-refractivity contribution in [1.82, 2.24) is 0 Å². The number of ether oxygens (including phenoxy) is 1. The number of nitrogens with zero attached hydrogens (tertiary/aromatic N) is 1. The van der Waals surface area contributed by atoms with Gasteiger partial charge in [0.1, 0.15) is 0 Å². The van der Waals surface area contributed by atoms with Crippen molar-refractivity contribution in [2.24, 2.45) is 29.1 Å². The second-order valence-electron chi connectivity index (χ2n) is 12.7. The Morgan fingerprint density at radius 2 is 1.71 bits per heavy atom. The van der Waals surface area contributed by atoms with Gasteiger partial charge in [-0.1, -0.05) is 30.2 Å². The third-order valence-electron chi connectivity index (χ3n) is 11.3. The average molecular weight is 462 g/mol. The summed E-state index contributed by atoms with van der Waals surface area (Å²) in [5, 5.41) is 0. The van der Waals surface area contributed by atoms with Crippen LogP contribution in [0.15, 0.2) is 35.4 Å². The van der Waals surface area contributed by atoms with Gasteiger partial charge in [-0.25, -0.2) is 0 Å². The highest BCUT2D eigenvalue weighted by Gasteiger charge is 2.53. The molecule has 0 aromatic heterocycles. The highest BCUT2D eigenvalue weighted by Crippen LogP contribution is 2.63. The molecule has 5 aliphatic rings. The maximum atomic E-state index is 5.48. The van der Waals surface area contributed by atoms with E-state index in [2.05, 4.69) is 36.1 Å². The summed E-state index contributed by atoms with van der Waals surface area (Å²) < 4.78 is 5.48. The summed E-state index contributed by atoms with van der Waals surface area (Å²) in [7, 11) is 1.87. The van der Waals surface area contributed by atoms with Crippen LogP contribution in [0.1, 0.15) is 102 Å². The Morgan fingerprint density at radius 1 is 0.882 bits per heavy atom. The zero-order valence-corrected chi connectivity index (χ0v) is 21.9. The lowest BCUT2D eigenvalue weighted by Gasteiger charge is -2.51. The lowest BCUT2D eigenvalue weighted by Crippen LogP contribution is -2.41. The molecule has 1 heterocycles. The van der Waals surface area contributed by atoms with Crippen molar-refractivity contribution in [3.05, 3.63) is 41.0 Å². The highest BCUT2D eigenvalue weighted by atomic mass is 16.5. The van der Waals surface area contributed by atoms with E-state index in [4.69, 9.17) is 4.74 Å². The van der Waals surface area contributed by atoms with Gasteiger partial charge in [-0.2, -0.15) is 0 Å². The van der Waals surface area contributed by atoms with Crippen LogP contribution < -0.4 is 4.90 Å². The summed E-state index contributed by atoms with van der Waals surface area (Å²) >= 11 is 0. The fraction of sp³-hybridized carbons (Fsp3) is 0.750. The van der Waals surface area contributed by atoms with Crippen molar-refractivity contribution in [3.63, 3.8) is 0 Å². The Kier molecular flexibility index (Phi) is 6.56. The molecule has 1 aromatic carbocycles. The third-order valence-corrected chi connectivity index (χ3v) is 11.3. The summed E-state index contributed by atoms with van der Waals surface area (Å²) in [5.74, 6) is 4.41. The van der Waals surface area contributed by atoms with E-state index in [1.165, 1.54) is 102 Å². The van der Waals surface area contributed by atoms with Crippen molar-refractivity contribution in [2.75, 3.05) is 31.7 Å². The minimum atomic E-state index is 0.577. The van der Waals surface area contributed by atoms with E-state index < -0.39 is 0 Å². The van der Waals surface area contributed by atoms with E-state index in [1.807, 2.05) is 18.3 Å². The van der Waals surface area contributed by atoms with Crippen molar-refractivity contribution < 1.29 is 4.74 Å². The number of rotatable bonds is 5. The SMILES string of the molecule is COCC[C@H]1CC[C@H]2[C@@H]3CCC4CC(c5ccc(N6CCCCC6)cc5)CCC4=C3CC[C@]12C. The molecule has 4 aliphatic carbocycles. The van der Waals surface area contributed by atoms with Gasteiger partial charge in [-0.3, -0.25) is 0 Å². The lowest BCUT2D eigenvalue weighted by atomic mass is 9.54. The number of hydrogen-bond donors (Lipinski definition) is 0. The quantitative estimate of drug-likeness (QED) is 0.410. The summed E-state index contributed by atoms with van der Waals surface area (Å²) in [6.45, 7) is 6.10. The zero-order chi connectivity index (χ0) is 23.1. The maximum absolute atomic E-state index is 5.48. The van der Waals surface area contributed by atoms with Crippen molar-refractivity contribution in [1.29, 1.82) is 0 Å². The Hall–Kier alpha value is -1.28. The molecule has 2 heteroatoms. The first-order valence-corrected chi connectivity index (χ1v) is 14.7. The van der Waals surface area contributed by atoms with Crippen LogP contribution in [0.2, 0.25) is 0 Å². The van der Waals surface area contributed by atoms with Gasteiger partial charge in [0.05, 0.1) is 0 Å². The fourth-order valence-electron chi connectivity index (χ4n) is 9.38. The molecule has 4 fully saturated rings. The largest absolute Gasteiger partial charge is 0.385 e. The van der Waals surface area contributed by atoms with Crippen molar-refractivity contribution >= 4 is 5.69 Å². The van der Waals surface area contributed by atoms with Gasteiger partial charge in [0.2, 0.25) is 0 Å². The number of benzene rings is 1. The summed E-state index contributed by atoms with van der Waals surface area (Å²) in [6.07, 6.45) is 18.3. The summed E-state index contributed by atoms with van der Waals surface area (Å²) in [4.78, 5) is 2.59. The molecule has 1 saturated heterocycles. The van der Waals surface area contributed by atoms with Gasteiger partial charge in [0.25, 0.3) is 0 Å². The third kappa shape index (κ3) is 4.06. The molecule has 0 N–H and O–H groups in total. The van der Waals surface area contributed by atoms with Gasteiger partial charge in [-0.05, 0) is 136 Å². The normalized spacial score (nSPS) is 37.8. The van der Waals surface area contributed by atoms with Crippen LogP contribution >= 0.6 is 0 Å². The van der Waals surface area contributed by atoms with E-state index >= 15 is 0 Å². The molecule has 34 heavy (non-hydrogen) atoms. The second kappa shape index (κ2) is 9.64.